The van der Waals surface area contributed by atoms with E-state index in [4.69, 9.17) is 21.1 Å². The average Bonchev–Trinajstić information content (AvgIpc) is 3.26. The summed E-state index contributed by atoms with van der Waals surface area (Å²) in [6, 6.07) is 12.9. The quantitative estimate of drug-likeness (QED) is 0.459. The molecule has 6 heteroatoms. The van der Waals surface area contributed by atoms with Crippen molar-refractivity contribution in [2.24, 2.45) is 0 Å². The number of nitrogens with zero attached hydrogens (tertiary/aromatic N) is 2. The van der Waals surface area contributed by atoms with Crippen molar-refractivity contribution in [2.75, 3.05) is 6.79 Å². The van der Waals surface area contributed by atoms with E-state index in [2.05, 4.69) is 5.10 Å². The Morgan fingerprint density at radius 2 is 1.96 bits per heavy atom. The van der Waals surface area contributed by atoms with E-state index < -0.39 is 0 Å². The van der Waals surface area contributed by atoms with Gasteiger partial charge >= 0.3 is 0 Å². The van der Waals surface area contributed by atoms with E-state index in [0.29, 0.717) is 28.6 Å². The number of rotatable bonds is 5. The monoisotopic (exact) mass is 394 g/mol. The molecule has 0 unspecified atom stereocenters. The van der Waals surface area contributed by atoms with E-state index in [0.717, 1.165) is 22.5 Å². The van der Waals surface area contributed by atoms with Gasteiger partial charge in [-0.15, -0.1) is 0 Å². The van der Waals surface area contributed by atoms with Gasteiger partial charge in [-0.2, -0.15) is 5.10 Å². The molecule has 142 valence electrons. The highest BCUT2D eigenvalue weighted by Gasteiger charge is 2.16. The third-order valence-corrected chi connectivity index (χ3v) is 5.14. The second-order valence-corrected chi connectivity index (χ2v) is 7.01. The average molecular weight is 395 g/mol. The van der Waals surface area contributed by atoms with Crippen molar-refractivity contribution in [3.8, 4) is 11.5 Å². The van der Waals surface area contributed by atoms with Gasteiger partial charge in [0.25, 0.3) is 0 Å². The zero-order valence-corrected chi connectivity index (χ0v) is 16.4. The van der Waals surface area contributed by atoms with Crippen LogP contribution in [0.25, 0.3) is 6.08 Å². The van der Waals surface area contributed by atoms with Crippen LogP contribution in [0.4, 0.5) is 0 Å². The fourth-order valence-corrected chi connectivity index (χ4v) is 3.39. The van der Waals surface area contributed by atoms with Crippen LogP contribution in [-0.2, 0) is 6.54 Å². The number of hydrogen-bond acceptors (Lipinski definition) is 4. The second-order valence-electron chi connectivity index (χ2n) is 6.60. The van der Waals surface area contributed by atoms with Crippen molar-refractivity contribution in [1.29, 1.82) is 0 Å². The van der Waals surface area contributed by atoms with Gasteiger partial charge in [-0.1, -0.05) is 29.8 Å². The van der Waals surface area contributed by atoms with Crippen LogP contribution in [0, 0.1) is 13.8 Å². The number of carbonyl (C=O) groups is 1. The molecule has 2 heterocycles. The number of carbonyl (C=O) groups excluding carboxylic acids is 1. The van der Waals surface area contributed by atoms with Crippen molar-refractivity contribution in [1.82, 2.24) is 9.78 Å². The standard InChI is InChI=1S/C22H19ClN2O3/c1-14-18(15(2)25(24-14)12-17-5-3-4-6-19(17)23)8-9-20(26)16-7-10-21-22(11-16)28-13-27-21/h3-11H,12-13H2,1-2H3/b9-8+. The summed E-state index contributed by atoms with van der Waals surface area (Å²) >= 11 is 6.26. The minimum absolute atomic E-state index is 0.101. The van der Waals surface area contributed by atoms with Crippen LogP contribution in [0.5, 0.6) is 11.5 Å². The van der Waals surface area contributed by atoms with Crippen LogP contribution in [0.1, 0.15) is 32.9 Å². The van der Waals surface area contributed by atoms with Crippen molar-refractivity contribution in [3.63, 3.8) is 0 Å². The molecule has 2 aromatic carbocycles. The maximum atomic E-state index is 12.6. The molecule has 0 amide bonds. The number of ketones is 1. The van der Waals surface area contributed by atoms with Crippen LogP contribution in [0.2, 0.25) is 5.02 Å². The summed E-state index contributed by atoms with van der Waals surface area (Å²) in [6.45, 7) is 4.69. The molecule has 5 nitrogen and oxygen atoms in total. The van der Waals surface area contributed by atoms with Gasteiger partial charge in [-0.3, -0.25) is 9.48 Å². The molecule has 0 aliphatic carbocycles. The summed E-state index contributed by atoms with van der Waals surface area (Å²) in [6.07, 6.45) is 3.38. The lowest BCUT2D eigenvalue weighted by Crippen LogP contribution is -2.04. The summed E-state index contributed by atoms with van der Waals surface area (Å²) < 4.78 is 12.5. The Kier molecular flexibility index (Phi) is 4.92. The molecular formula is C22H19ClN2O3. The number of fused-ring (bicyclic) bond motifs is 1. The number of allylic oxidation sites excluding steroid dienone is 1. The van der Waals surface area contributed by atoms with Gasteiger partial charge < -0.3 is 9.47 Å². The molecule has 4 rings (SSSR count). The second kappa shape index (κ2) is 7.52. The number of halogens is 1. The molecule has 0 N–H and O–H groups in total. The predicted octanol–water partition coefficient (Wildman–Crippen LogP) is 4.83. The first-order valence-corrected chi connectivity index (χ1v) is 9.30. The third-order valence-electron chi connectivity index (χ3n) is 4.77. The summed E-state index contributed by atoms with van der Waals surface area (Å²) in [7, 11) is 0. The number of hydrogen-bond donors (Lipinski definition) is 0. The first kappa shape index (κ1) is 18.3. The minimum Gasteiger partial charge on any atom is -0.454 e. The van der Waals surface area contributed by atoms with Crippen molar-refractivity contribution in [3.05, 3.63) is 81.6 Å². The molecule has 1 aliphatic rings. The lowest BCUT2D eigenvalue weighted by Gasteiger charge is -2.06. The Morgan fingerprint density at radius 1 is 1.18 bits per heavy atom. The van der Waals surface area contributed by atoms with Crippen LogP contribution in [-0.4, -0.2) is 22.4 Å². The Morgan fingerprint density at radius 3 is 2.79 bits per heavy atom. The topological polar surface area (TPSA) is 53.4 Å². The van der Waals surface area contributed by atoms with Gasteiger partial charge in [0.2, 0.25) is 6.79 Å². The van der Waals surface area contributed by atoms with Crippen molar-refractivity contribution < 1.29 is 14.3 Å². The Balaban J connectivity index is 1.55. The van der Waals surface area contributed by atoms with Gasteiger partial charge in [0.1, 0.15) is 0 Å². The van der Waals surface area contributed by atoms with E-state index >= 15 is 0 Å². The van der Waals surface area contributed by atoms with Gasteiger partial charge in [-0.25, -0.2) is 0 Å². The zero-order chi connectivity index (χ0) is 19.7. The molecule has 0 spiro atoms. The first-order chi connectivity index (χ1) is 13.5. The van der Waals surface area contributed by atoms with Crippen molar-refractivity contribution in [2.45, 2.75) is 20.4 Å². The lowest BCUT2D eigenvalue weighted by atomic mass is 10.1. The third kappa shape index (κ3) is 3.53. The zero-order valence-electron chi connectivity index (χ0n) is 15.6. The van der Waals surface area contributed by atoms with Gasteiger partial charge in [0.05, 0.1) is 12.2 Å². The highest BCUT2D eigenvalue weighted by atomic mass is 35.5. The van der Waals surface area contributed by atoms with Crippen LogP contribution >= 0.6 is 11.6 Å². The fraction of sp³-hybridized carbons (Fsp3) is 0.182. The molecule has 0 saturated heterocycles. The number of aromatic nitrogens is 2. The number of benzene rings is 2. The van der Waals surface area contributed by atoms with E-state index in [1.165, 1.54) is 0 Å². The molecule has 0 radical (unpaired) electrons. The summed E-state index contributed by atoms with van der Waals surface area (Å²) in [4.78, 5) is 12.6. The van der Waals surface area contributed by atoms with Crippen LogP contribution in [0.15, 0.2) is 48.5 Å². The lowest BCUT2D eigenvalue weighted by molar-refractivity contribution is 0.104. The minimum atomic E-state index is -0.101. The first-order valence-electron chi connectivity index (χ1n) is 8.92. The maximum absolute atomic E-state index is 12.6. The SMILES string of the molecule is Cc1nn(Cc2ccccc2Cl)c(C)c1/C=C/C(=O)c1ccc2c(c1)OCO2. The summed E-state index contributed by atoms with van der Waals surface area (Å²) in [5.41, 5.74) is 4.33. The van der Waals surface area contributed by atoms with E-state index in [9.17, 15) is 4.79 Å². The molecular weight excluding hydrogens is 376 g/mol. The molecule has 1 aromatic heterocycles. The molecule has 1 aliphatic heterocycles. The molecule has 28 heavy (non-hydrogen) atoms. The Hall–Kier alpha value is -3.05. The van der Waals surface area contributed by atoms with Crippen LogP contribution in [0.3, 0.4) is 0 Å². The highest BCUT2D eigenvalue weighted by Crippen LogP contribution is 2.32. The normalized spacial score (nSPS) is 12.7. The number of aryl methyl sites for hydroxylation is 1. The number of ether oxygens (including phenoxy) is 2. The van der Waals surface area contributed by atoms with Gasteiger partial charge in [-0.05, 0) is 55.8 Å². The molecule has 0 saturated carbocycles. The van der Waals surface area contributed by atoms with Crippen LogP contribution < -0.4 is 9.47 Å². The molecule has 0 atom stereocenters. The van der Waals surface area contributed by atoms with Gasteiger partial charge in [0, 0.05) is 21.8 Å². The van der Waals surface area contributed by atoms with Crippen molar-refractivity contribution >= 4 is 23.5 Å². The fourth-order valence-electron chi connectivity index (χ4n) is 3.20. The predicted molar refractivity (Wildman–Crippen MR) is 108 cm³/mol. The van der Waals surface area contributed by atoms with E-state index in [-0.39, 0.29) is 12.6 Å². The molecule has 3 aromatic rings. The summed E-state index contributed by atoms with van der Waals surface area (Å²) in [5.74, 6) is 1.16. The summed E-state index contributed by atoms with van der Waals surface area (Å²) in [5, 5.41) is 5.32. The van der Waals surface area contributed by atoms with Gasteiger partial charge in [0.15, 0.2) is 17.3 Å². The Bertz CT molecular complexity index is 1090. The molecule has 0 fully saturated rings. The van der Waals surface area contributed by atoms with E-state index in [1.807, 2.05) is 48.9 Å². The highest BCUT2D eigenvalue weighted by molar-refractivity contribution is 6.31. The smallest absolute Gasteiger partial charge is 0.231 e. The maximum Gasteiger partial charge on any atom is 0.231 e. The largest absolute Gasteiger partial charge is 0.454 e. The Labute approximate surface area is 168 Å². The van der Waals surface area contributed by atoms with E-state index in [1.54, 1.807) is 24.3 Å². The molecule has 0 bridgehead atoms.